The first kappa shape index (κ1) is 16.8. The van der Waals surface area contributed by atoms with Gasteiger partial charge in [0.1, 0.15) is 6.61 Å². The molecule has 6 heteroatoms. The van der Waals surface area contributed by atoms with E-state index >= 15 is 0 Å². The first-order valence-corrected chi connectivity index (χ1v) is 8.22. The molecule has 0 radical (unpaired) electrons. The highest BCUT2D eigenvalue weighted by Gasteiger charge is 2.05. The van der Waals surface area contributed by atoms with Gasteiger partial charge in [0.25, 0.3) is 10.1 Å². The van der Waals surface area contributed by atoms with E-state index in [-0.39, 0.29) is 19.0 Å². The molecule has 0 heterocycles. The zero-order valence-corrected chi connectivity index (χ0v) is 12.6. The maximum atomic E-state index is 11.7. The van der Waals surface area contributed by atoms with Crippen molar-refractivity contribution in [3.05, 3.63) is 35.4 Å². The SMILES string of the molecule is Cc1ccc(C(=O)COCCCCOS(C)(=O)=O)cc1. The Kier molecular flexibility index (Phi) is 6.84. The molecule has 0 atom stereocenters. The fourth-order valence-corrected chi connectivity index (χ4v) is 1.92. The second-order valence-corrected chi connectivity index (χ2v) is 6.22. The molecule has 0 aliphatic heterocycles. The fourth-order valence-electron chi connectivity index (χ4n) is 1.50. The van der Waals surface area contributed by atoms with Crippen LogP contribution >= 0.6 is 0 Å². The average molecular weight is 300 g/mol. The summed E-state index contributed by atoms with van der Waals surface area (Å²) in [5.74, 6) is -0.0580. The summed E-state index contributed by atoms with van der Waals surface area (Å²) in [5, 5.41) is 0. The molecule has 0 unspecified atom stereocenters. The van der Waals surface area contributed by atoms with Gasteiger partial charge in [-0.15, -0.1) is 0 Å². The van der Waals surface area contributed by atoms with E-state index in [1.165, 1.54) is 0 Å². The lowest BCUT2D eigenvalue weighted by Crippen LogP contribution is -2.10. The van der Waals surface area contributed by atoms with Crippen LogP contribution in [-0.4, -0.2) is 40.3 Å². The van der Waals surface area contributed by atoms with Crippen LogP contribution in [0.25, 0.3) is 0 Å². The molecule has 1 aromatic carbocycles. The number of ketones is 1. The quantitative estimate of drug-likeness (QED) is 0.396. The van der Waals surface area contributed by atoms with E-state index in [9.17, 15) is 13.2 Å². The number of benzene rings is 1. The highest BCUT2D eigenvalue weighted by Crippen LogP contribution is 2.04. The van der Waals surface area contributed by atoms with Crippen molar-refractivity contribution in [2.24, 2.45) is 0 Å². The zero-order valence-electron chi connectivity index (χ0n) is 11.8. The van der Waals surface area contributed by atoms with Crippen molar-refractivity contribution in [3.63, 3.8) is 0 Å². The Bertz CT molecular complexity index is 519. The number of aryl methyl sites for hydroxylation is 1. The molecule has 0 saturated heterocycles. The van der Waals surface area contributed by atoms with Crippen LogP contribution in [-0.2, 0) is 19.0 Å². The Morgan fingerprint density at radius 1 is 1.10 bits per heavy atom. The van der Waals surface area contributed by atoms with Gasteiger partial charge in [-0.3, -0.25) is 8.98 Å². The van der Waals surface area contributed by atoms with E-state index < -0.39 is 10.1 Å². The van der Waals surface area contributed by atoms with Crippen molar-refractivity contribution in [2.75, 3.05) is 26.1 Å². The van der Waals surface area contributed by atoms with Crippen molar-refractivity contribution in [1.29, 1.82) is 0 Å². The second-order valence-electron chi connectivity index (χ2n) is 4.57. The van der Waals surface area contributed by atoms with Crippen molar-refractivity contribution in [3.8, 4) is 0 Å². The number of hydrogen-bond donors (Lipinski definition) is 0. The molecule has 0 amide bonds. The summed E-state index contributed by atoms with van der Waals surface area (Å²) < 4.78 is 31.2. The maximum Gasteiger partial charge on any atom is 0.264 e. The Morgan fingerprint density at radius 3 is 2.30 bits per heavy atom. The van der Waals surface area contributed by atoms with Crippen LogP contribution in [0.15, 0.2) is 24.3 Å². The van der Waals surface area contributed by atoms with Gasteiger partial charge < -0.3 is 4.74 Å². The first-order chi connectivity index (χ1) is 9.38. The lowest BCUT2D eigenvalue weighted by molar-refractivity contribution is 0.0748. The smallest absolute Gasteiger partial charge is 0.264 e. The third kappa shape index (κ3) is 7.37. The molecule has 1 rings (SSSR count). The van der Waals surface area contributed by atoms with Crippen LogP contribution in [0.1, 0.15) is 28.8 Å². The van der Waals surface area contributed by atoms with Crippen molar-refractivity contribution in [1.82, 2.24) is 0 Å². The molecule has 0 N–H and O–H groups in total. The molecule has 0 aromatic heterocycles. The third-order valence-corrected chi connectivity index (χ3v) is 3.18. The van der Waals surface area contributed by atoms with Crippen molar-refractivity contribution >= 4 is 15.9 Å². The number of unbranched alkanes of at least 4 members (excludes halogenated alkanes) is 1. The molecular weight excluding hydrogens is 280 g/mol. The molecule has 20 heavy (non-hydrogen) atoms. The summed E-state index contributed by atoms with van der Waals surface area (Å²) in [4.78, 5) is 11.7. The minimum absolute atomic E-state index is 0.0377. The fraction of sp³-hybridized carbons (Fsp3) is 0.500. The van der Waals surface area contributed by atoms with Crippen molar-refractivity contribution < 1.29 is 22.1 Å². The van der Waals surface area contributed by atoms with E-state index in [1.807, 2.05) is 19.1 Å². The number of rotatable bonds is 9. The lowest BCUT2D eigenvalue weighted by Gasteiger charge is -2.04. The maximum absolute atomic E-state index is 11.7. The van der Waals surface area contributed by atoms with E-state index in [0.29, 0.717) is 25.0 Å². The summed E-state index contributed by atoms with van der Waals surface area (Å²) in [6.45, 7) is 2.55. The van der Waals surface area contributed by atoms with Gasteiger partial charge in [-0.1, -0.05) is 29.8 Å². The highest BCUT2D eigenvalue weighted by molar-refractivity contribution is 7.85. The van der Waals surface area contributed by atoms with Gasteiger partial charge in [-0.05, 0) is 19.8 Å². The van der Waals surface area contributed by atoms with Gasteiger partial charge >= 0.3 is 0 Å². The summed E-state index contributed by atoms with van der Waals surface area (Å²) in [6.07, 6.45) is 2.24. The monoisotopic (exact) mass is 300 g/mol. The van der Waals surface area contributed by atoms with Crippen LogP contribution in [0.2, 0.25) is 0 Å². The molecular formula is C14H20O5S. The minimum Gasteiger partial charge on any atom is -0.373 e. The molecule has 0 saturated carbocycles. The number of carbonyl (C=O) groups excluding carboxylic acids is 1. The topological polar surface area (TPSA) is 69.7 Å². The predicted octanol–water partition coefficient (Wildman–Crippen LogP) is 1.95. The molecule has 1 aromatic rings. The molecule has 0 spiro atoms. The van der Waals surface area contributed by atoms with Gasteiger partial charge in [0.15, 0.2) is 5.78 Å². The standard InChI is InChI=1S/C14H20O5S/c1-12-5-7-13(8-6-12)14(15)11-18-9-3-4-10-19-20(2,16)17/h5-8H,3-4,9-11H2,1-2H3. The van der Waals surface area contributed by atoms with E-state index in [4.69, 9.17) is 4.74 Å². The van der Waals surface area contributed by atoms with Crippen LogP contribution < -0.4 is 0 Å². The summed E-state index contributed by atoms with van der Waals surface area (Å²) in [6, 6.07) is 7.33. The summed E-state index contributed by atoms with van der Waals surface area (Å²) >= 11 is 0. The minimum atomic E-state index is -3.36. The Morgan fingerprint density at radius 2 is 1.70 bits per heavy atom. The van der Waals surface area contributed by atoms with E-state index in [1.54, 1.807) is 12.1 Å². The van der Waals surface area contributed by atoms with Gasteiger partial charge in [0, 0.05) is 12.2 Å². The van der Waals surface area contributed by atoms with E-state index in [2.05, 4.69) is 4.18 Å². The number of hydrogen-bond acceptors (Lipinski definition) is 5. The number of carbonyl (C=O) groups is 1. The summed E-state index contributed by atoms with van der Waals surface area (Å²) in [7, 11) is -3.36. The Labute approximate surface area is 120 Å². The van der Waals surface area contributed by atoms with Crippen LogP contribution in [0.5, 0.6) is 0 Å². The number of ether oxygens (including phenoxy) is 1. The highest BCUT2D eigenvalue weighted by atomic mass is 32.2. The lowest BCUT2D eigenvalue weighted by atomic mass is 10.1. The molecule has 112 valence electrons. The normalized spacial score (nSPS) is 11.5. The first-order valence-electron chi connectivity index (χ1n) is 6.40. The third-order valence-electron chi connectivity index (χ3n) is 2.59. The molecule has 0 fully saturated rings. The molecule has 0 aliphatic rings. The van der Waals surface area contributed by atoms with Gasteiger partial charge in [-0.25, -0.2) is 0 Å². The predicted molar refractivity (Wildman–Crippen MR) is 76.4 cm³/mol. The van der Waals surface area contributed by atoms with E-state index in [0.717, 1.165) is 11.8 Å². The second kappa shape index (κ2) is 8.14. The van der Waals surface area contributed by atoms with Crippen LogP contribution in [0, 0.1) is 6.92 Å². The summed E-state index contributed by atoms with van der Waals surface area (Å²) in [5.41, 5.74) is 1.74. The van der Waals surface area contributed by atoms with Crippen LogP contribution in [0.4, 0.5) is 0 Å². The largest absolute Gasteiger partial charge is 0.373 e. The van der Waals surface area contributed by atoms with Gasteiger partial charge in [0.2, 0.25) is 0 Å². The van der Waals surface area contributed by atoms with Gasteiger partial charge in [0.05, 0.1) is 12.9 Å². The average Bonchev–Trinajstić information content (AvgIpc) is 2.37. The Balaban J connectivity index is 2.12. The molecule has 5 nitrogen and oxygen atoms in total. The van der Waals surface area contributed by atoms with Crippen LogP contribution in [0.3, 0.4) is 0 Å². The molecule has 0 aliphatic carbocycles. The zero-order chi connectivity index (χ0) is 15.0. The molecule has 0 bridgehead atoms. The Hall–Kier alpha value is -1.24. The van der Waals surface area contributed by atoms with Gasteiger partial charge in [-0.2, -0.15) is 8.42 Å². The van der Waals surface area contributed by atoms with Crippen molar-refractivity contribution in [2.45, 2.75) is 19.8 Å². The number of Topliss-reactive ketones (excluding diaryl/α,β-unsaturated/α-hetero) is 1.